The molecular weight excluding hydrogens is 498 g/mol. The third-order valence-corrected chi connectivity index (χ3v) is 7.02. The first-order chi connectivity index (χ1) is 16.6. The van der Waals surface area contributed by atoms with Crippen molar-refractivity contribution in [2.24, 2.45) is 0 Å². The van der Waals surface area contributed by atoms with Gasteiger partial charge in [0.1, 0.15) is 6.04 Å². The van der Waals surface area contributed by atoms with Crippen molar-refractivity contribution < 1.29 is 18.0 Å². The summed E-state index contributed by atoms with van der Waals surface area (Å²) in [5.74, 6) is -0.479. The standard InChI is InChI=1S/C27H38ClN3O4S/c1-19-15-20(2)17-24(16-19)31(36(7,34)35)14-8-9-25(32)30(18-22-10-12-23(28)13-11-22)21(3)26(33)29-27(4,5)6/h10-13,15-17,21H,8-9,14,18H2,1-7H3,(H,29,33)/t21-/m0/s1. The van der Waals surface area contributed by atoms with Crippen molar-refractivity contribution in [3.05, 3.63) is 64.2 Å². The molecule has 0 heterocycles. The maximum Gasteiger partial charge on any atom is 0.242 e. The fraction of sp³-hybridized carbons (Fsp3) is 0.481. The molecule has 0 aromatic heterocycles. The van der Waals surface area contributed by atoms with Crippen LogP contribution in [0.15, 0.2) is 42.5 Å². The summed E-state index contributed by atoms with van der Waals surface area (Å²) in [6, 6.07) is 12.0. The third kappa shape index (κ3) is 9.13. The minimum atomic E-state index is -3.54. The van der Waals surface area contributed by atoms with Crippen molar-refractivity contribution >= 4 is 39.1 Å². The van der Waals surface area contributed by atoms with Crippen LogP contribution in [0, 0.1) is 13.8 Å². The largest absolute Gasteiger partial charge is 0.350 e. The number of anilines is 1. The predicted octanol–water partition coefficient (Wildman–Crippen LogP) is 4.84. The summed E-state index contributed by atoms with van der Waals surface area (Å²) >= 11 is 6.00. The number of sulfonamides is 1. The highest BCUT2D eigenvalue weighted by molar-refractivity contribution is 7.92. The molecule has 0 aliphatic heterocycles. The van der Waals surface area contributed by atoms with E-state index in [0.717, 1.165) is 22.9 Å². The number of carbonyl (C=O) groups is 2. The van der Waals surface area contributed by atoms with E-state index in [4.69, 9.17) is 11.6 Å². The second kappa shape index (κ2) is 12.1. The summed E-state index contributed by atoms with van der Waals surface area (Å²) in [7, 11) is -3.54. The SMILES string of the molecule is Cc1cc(C)cc(N(CCCC(=O)N(Cc2ccc(Cl)cc2)[C@@H](C)C(=O)NC(C)(C)C)S(C)(=O)=O)c1. The van der Waals surface area contributed by atoms with Gasteiger partial charge in [-0.3, -0.25) is 13.9 Å². The summed E-state index contributed by atoms with van der Waals surface area (Å²) < 4.78 is 26.4. The number of amides is 2. The van der Waals surface area contributed by atoms with Crippen molar-refractivity contribution in [2.45, 2.75) is 72.5 Å². The van der Waals surface area contributed by atoms with Crippen LogP contribution < -0.4 is 9.62 Å². The van der Waals surface area contributed by atoms with Gasteiger partial charge in [-0.1, -0.05) is 29.8 Å². The van der Waals surface area contributed by atoms with E-state index in [1.165, 1.54) is 9.21 Å². The molecule has 0 fully saturated rings. The van der Waals surface area contributed by atoms with E-state index in [1.54, 1.807) is 19.1 Å². The van der Waals surface area contributed by atoms with E-state index in [0.29, 0.717) is 17.1 Å². The molecule has 0 saturated heterocycles. The van der Waals surface area contributed by atoms with Gasteiger partial charge in [0.25, 0.3) is 0 Å². The van der Waals surface area contributed by atoms with Gasteiger partial charge in [-0.2, -0.15) is 0 Å². The zero-order valence-corrected chi connectivity index (χ0v) is 23.8. The minimum Gasteiger partial charge on any atom is -0.350 e. The van der Waals surface area contributed by atoms with Crippen LogP contribution in [0.3, 0.4) is 0 Å². The molecule has 2 rings (SSSR count). The normalized spacial score (nSPS) is 12.7. The average molecular weight is 536 g/mol. The fourth-order valence-corrected chi connectivity index (χ4v) is 5.02. The number of nitrogens with zero attached hydrogens (tertiary/aromatic N) is 2. The Labute approximate surface area is 220 Å². The highest BCUT2D eigenvalue weighted by atomic mass is 35.5. The van der Waals surface area contributed by atoms with Crippen LogP contribution in [0.2, 0.25) is 5.02 Å². The van der Waals surface area contributed by atoms with E-state index in [9.17, 15) is 18.0 Å². The maximum absolute atomic E-state index is 13.4. The number of benzene rings is 2. The molecule has 1 atom stereocenters. The molecule has 1 N–H and O–H groups in total. The molecule has 198 valence electrons. The predicted molar refractivity (Wildman–Crippen MR) is 147 cm³/mol. The molecule has 0 bridgehead atoms. The van der Waals surface area contributed by atoms with Gasteiger partial charge in [0.2, 0.25) is 21.8 Å². The Bertz CT molecular complexity index is 1150. The minimum absolute atomic E-state index is 0.0948. The van der Waals surface area contributed by atoms with Gasteiger partial charge >= 0.3 is 0 Å². The van der Waals surface area contributed by atoms with Crippen LogP contribution in [0.4, 0.5) is 5.69 Å². The Morgan fingerprint density at radius 2 is 1.58 bits per heavy atom. The highest BCUT2D eigenvalue weighted by Crippen LogP contribution is 2.22. The molecule has 2 amide bonds. The van der Waals surface area contributed by atoms with Crippen LogP contribution in [-0.2, 0) is 26.2 Å². The van der Waals surface area contributed by atoms with E-state index < -0.39 is 21.6 Å². The molecule has 2 aromatic rings. The summed E-state index contributed by atoms with van der Waals surface area (Å²) in [4.78, 5) is 27.8. The Hall–Kier alpha value is -2.58. The summed E-state index contributed by atoms with van der Waals surface area (Å²) in [5.41, 5.74) is 2.90. The lowest BCUT2D eigenvalue weighted by Gasteiger charge is -2.32. The van der Waals surface area contributed by atoms with E-state index >= 15 is 0 Å². The van der Waals surface area contributed by atoms with E-state index in [1.807, 2.05) is 65.0 Å². The van der Waals surface area contributed by atoms with Crippen molar-refractivity contribution in [3.8, 4) is 0 Å². The summed E-state index contributed by atoms with van der Waals surface area (Å²) in [6.45, 7) is 11.6. The van der Waals surface area contributed by atoms with Crippen LogP contribution in [0.1, 0.15) is 57.2 Å². The van der Waals surface area contributed by atoms with Crippen molar-refractivity contribution in [2.75, 3.05) is 17.1 Å². The van der Waals surface area contributed by atoms with Gasteiger partial charge in [0, 0.05) is 30.1 Å². The van der Waals surface area contributed by atoms with Gasteiger partial charge in [0.15, 0.2) is 0 Å². The smallest absolute Gasteiger partial charge is 0.242 e. The number of rotatable bonds is 10. The Morgan fingerprint density at radius 3 is 2.08 bits per heavy atom. The second-order valence-corrected chi connectivity index (χ2v) is 12.7. The second-order valence-electron chi connectivity index (χ2n) is 10.3. The van der Waals surface area contributed by atoms with Crippen molar-refractivity contribution in [1.29, 1.82) is 0 Å². The quantitative estimate of drug-likeness (QED) is 0.472. The topological polar surface area (TPSA) is 86.8 Å². The molecule has 0 spiro atoms. The lowest BCUT2D eigenvalue weighted by atomic mass is 10.1. The summed E-state index contributed by atoms with van der Waals surface area (Å²) in [5, 5.41) is 3.52. The van der Waals surface area contributed by atoms with Gasteiger partial charge in [-0.25, -0.2) is 8.42 Å². The Balaban J connectivity index is 2.21. The number of aryl methyl sites for hydroxylation is 2. The van der Waals surface area contributed by atoms with Crippen molar-refractivity contribution in [3.63, 3.8) is 0 Å². The first-order valence-corrected chi connectivity index (χ1v) is 14.2. The molecule has 0 radical (unpaired) electrons. The third-order valence-electron chi connectivity index (χ3n) is 5.58. The summed E-state index contributed by atoms with van der Waals surface area (Å²) in [6.07, 6.45) is 1.57. The maximum atomic E-state index is 13.4. The molecule has 7 nitrogen and oxygen atoms in total. The van der Waals surface area contributed by atoms with Gasteiger partial charge in [-0.05, 0) is 88.9 Å². The number of hydrogen-bond acceptors (Lipinski definition) is 4. The lowest BCUT2D eigenvalue weighted by molar-refractivity contribution is -0.141. The number of hydrogen-bond donors (Lipinski definition) is 1. The molecule has 0 unspecified atom stereocenters. The van der Waals surface area contributed by atoms with Crippen molar-refractivity contribution in [1.82, 2.24) is 10.2 Å². The van der Waals surface area contributed by atoms with Gasteiger partial charge < -0.3 is 10.2 Å². The van der Waals surface area contributed by atoms with Crippen LogP contribution in [0.5, 0.6) is 0 Å². The number of nitrogens with one attached hydrogen (secondary N) is 1. The average Bonchev–Trinajstić information content (AvgIpc) is 2.72. The van der Waals surface area contributed by atoms with E-state index in [2.05, 4.69) is 5.32 Å². The monoisotopic (exact) mass is 535 g/mol. The first-order valence-electron chi connectivity index (χ1n) is 12.0. The number of halogens is 1. The van der Waals surface area contributed by atoms with Gasteiger partial charge in [0.05, 0.1) is 11.9 Å². The zero-order valence-electron chi connectivity index (χ0n) is 22.3. The van der Waals surface area contributed by atoms with Crippen LogP contribution in [0.25, 0.3) is 0 Å². The molecular formula is C27H38ClN3O4S. The molecule has 0 saturated carbocycles. The molecule has 0 aliphatic carbocycles. The molecule has 36 heavy (non-hydrogen) atoms. The number of carbonyl (C=O) groups excluding carboxylic acids is 2. The highest BCUT2D eigenvalue weighted by Gasteiger charge is 2.28. The Kier molecular flexibility index (Phi) is 9.97. The lowest BCUT2D eigenvalue weighted by Crippen LogP contribution is -2.52. The van der Waals surface area contributed by atoms with Crippen LogP contribution >= 0.6 is 11.6 Å². The van der Waals surface area contributed by atoms with Gasteiger partial charge in [-0.15, -0.1) is 0 Å². The fourth-order valence-electron chi connectivity index (χ4n) is 3.94. The Morgan fingerprint density at radius 1 is 1.03 bits per heavy atom. The molecule has 2 aromatic carbocycles. The molecule has 9 heteroatoms. The van der Waals surface area contributed by atoms with E-state index in [-0.39, 0.29) is 31.3 Å². The zero-order chi connectivity index (χ0) is 27.3. The van der Waals surface area contributed by atoms with Crippen LogP contribution in [-0.4, -0.2) is 49.5 Å². The first kappa shape index (κ1) is 29.6. The molecule has 0 aliphatic rings.